The molecule has 2 rings (SSSR count). The lowest BCUT2D eigenvalue weighted by Crippen LogP contribution is -2.37. The van der Waals surface area contributed by atoms with E-state index in [1.165, 1.54) is 6.07 Å². The Balaban J connectivity index is 1.93. The highest BCUT2D eigenvalue weighted by atomic mass is 19.1. The summed E-state index contributed by atoms with van der Waals surface area (Å²) in [5, 5.41) is 0. The van der Waals surface area contributed by atoms with Crippen LogP contribution < -0.4 is 0 Å². The summed E-state index contributed by atoms with van der Waals surface area (Å²) < 4.78 is 13.2. The van der Waals surface area contributed by atoms with E-state index in [2.05, 4.69) is 18.7 Å². The fourth-order valence-corrected chi connectivity index (χ4v) is 3.10. The van der Waals surface area contributed by atoms with Crippen molar-refractivity contribution in [3.63, 3.8) is 0 Å². The Labute approximate surface area is 121 Å². The second kappa shape index (κ2) is 6.04. The summed E-state index contributed by atoms with van der Waals surface area (Å²) in [6.07, 6.45) is 2.65. The van der Waals surface area contributed by atoms with Gasteiger partial charge >= 0.3 is 0 Å². The number of nitrogens with zero attached hydrogens (tertiary/aromatic N) is 1. The molecule has 0 spiro atoms. The molecule has 110 valence electrons. The van der Waals surface area contributed by atoms with Gasteiger partial charge in [-0.15, -0.1) is 0 Å². The molecule has 0 aliphatic heterocycles. The quantitative estimate of drug-likeness (QED) is 0.837. The summed E-state index contributed by atoms with van der Waals surface area (Å²) in [5.74, 6) is 0.304. The molecule has 1 fully saturated rings. The molecule has 0 amide bonds. The van der Waals surface area contributed by atoms with Crippen LogP contribution >= 0.6 is 0 Å². The Morgan fingerprint density at radius 1 is 1.40 bits per heavy atom. The van der Waals surface area contributed by atoms with Crippen molar-refractivity contribution in [1.29, 1.82) is 0 Å². The van der Waals surface area contributed by atoms with Gasteiger partial charge < -0.3 is 4.90 Å². The van der Waals surface area contributed by atoms with Gasteiger partial charge in [-0.3, -0.25) is 4.79 Å². The minimum Gasteiger partial charge on any atom is -0.301 e. The summed E-state index contributed by atoms with van der Waals surface area (Å²) in [5.41, 5.74) is 1.22. The van der Waals surface area contributed by atoms with Crippen molar-refractivity contribution in [1.82, 2.24) is 4.90 Å². The summed E-state index contributed by atoms with van der Waals surface area (Å²) in [6.45, 7) is 5.92. The van der Waals surface area contributed by atoms with Crippen LogP contribution in [0.1, 0.15) is 38.7 Å². The number of benzene rings is 1. The second-order valence-corrected chi connectivity index (χ2v) is 6.86. The molecule has 0 radical (unpaired) electrons. The third-order valence-corrected chi connectivity index (χ3v) is 4.18. The zero-order valence-corrected chi connectivity index (χ0v) is 12.7. The molecule has 0 N–H and O–H groups in total. The van der Waals surface area contributed by atoms with E-state index in [1.807, 2.05) is 13.1 Å². The normalized spacial score (nSPS) is 22.2. The molecule has 20 heavy (non-hydrogen) atoms. The molecular formula is C17H24FNO. The van der Waals surface area contributed by atoms with Gasteiger partial charge in [0.1, 0.15) is 11.6 Å². The zero-order chi connectivity index (χ0) is 14.8. The molecule has 2 nitrogen and oxygen atoms in total. The SMILES string of the molecule is CN(Cc1cccc(F)c1)CC1CC(C)(C)CCC1=O. The number of Topliss-reactive ketones (excluding diaryl/α,β-unsaturated/α-hetero) is 1. The first-order chi connectivity index (χ1) is 9.35. The van der Waals surface area contributed by atoms with Gasteiger partial charge in [-0.25, -0.2) is 4.39 Å². The second-order valence-electron chi connectivity index (χ2n) is 6.86. The standard InChI is InChI=1S/C17H24FNO/c1-17(2)8-7-16(20)14(10-17)12-19(3)11-13-5-4-6-15(18)9-13/h4-6,9,14H,7-8,10-12H2,1-3H3. The summed E-state index contributed by atoms with van der Waals surface area (Å²) in [6, 6.07) is 6.67. The third kappa shape index (κ3) is 4.14. The smallest absolute Gasteiger partial charge is 0.137 e. The van der Waals surface area contributed by atoms with Gasteiger partial charge in [0, 0.05) is 25.4 Å². The van der Waals surface area contributed by atoms with Crippen LogP contribution in [0.5, 0.6) is 0 Å². The Morgan fingerprint density at radius 3 is 2.85 bits per heavy atom. The maximum atomic E-state index is 13.2. The van der Waals surface area contributed by atoms with Crippen LogP contribution in [-0.2, 0) is 11.3 Å². The van der Waals surface area contributed by atoms with Gasteiger partial charge in [-0.05, 0) is 43.0 Å². The van der Waals surface area contributed by atoms with E-state index in [-0.39, 0.29) is 17.2 Å². The van der Waals surface area contributed by atoms with Crippen molar-refractivity contribution in [2.24, 2.45) is 11.3 Å². The van der Waals surface area contributed by atoms with Gasteiger partial charge in [0.15, 0.2) is 0 Å². The Bertz CT molecular complexity index is 484. The molecule has 1 aliphatic rings. The molecule has 1 unspecified atom stereocenters. The van der Waals surface area contributed by atoms with E-state index in [1.54, 1.807) is 12.1 Å². The van der Waals surface area contributed by atoms with E-state index < -0.39 is 0 Å². The highest BCUT2D eigenvalue weighted by Crippen LogP contribution is 2.37. The summed E-state index contributed by atoms with van der Waals surface area (Å²) in [7, 11) is 2.00. The predicted octanol–water partition coefficient (Wildman–Crippen LogP) is 3.65. The molecule has 0 bridgehead atoms. The Hall–Kier alpha value is -1.22. The maximum absolute atomic E-state index is 13.2. The molecule has 1 aromatic carbocycles. The van der Waals surface area contributed by atoms with Crippen LogP contribution in [0.4, 0.5) is 4.39 Å². The highest BCUT2D eigenvalue weighted by molar-refractivity contribution is 5.82. The van der Waals surface area contributed by atoms with Gasteiger partial charge in [-0.1, -0.05) is 26.0 Å². The van der Waals surface area contributed by atoms with Gasteiger partial charge in [0.2, 0.25) is 0 Å². The average Bonchev–Trinajstić information content (AvgIpc) is 2.33. The van der Waals surface area contributed by atoms with Crippen molar-refractivity contribution < 1.29 is 9.18 Å². The summed E-state index contributed by atoms with van der Waals surface area (Å²) in [4.78, 5) is 14.2. The molecule has 0 saturated heterocycles. The number of halogens is 1. The molecule has 1 saturated carbocycles. The van der Waals surface area contributed by atoms with Crippen LogP contribution in [0.2, 0.25) is 0 Å². The molecule has 0 heterocycles. The van der Waals surface area contributed by atoms with Crippen molar-refractivity contribution in [2.45, 2.75) is 39.7 Å². The van der Waals surface area contributed by atoms with Crippen molar-refractivity contribution in [2.75, 3.05) is 13.6 Å². The minimum absolute atomic E-state index is 0.123. The number of carbonyl (C=O) groups is 1. The highest BCUT2D eigenvalue weighted by Gasteiger charge is 2.33. The first-order valence-corrected chi connectivity index (χ1v) is 7.31. The molecule has 0 aromatic heterocycles. The number of carbonyl (C=O) groups excluding carboxylic acids is 1. The molecular weight excluding hydrogens is 253 g/mol. The number of hydrogen-bond acceptors (Lipinski definition) is 2. The van der Waals surface area contributed by atoms with Crippen molar-refractivity contribution in [3.8, 4) is 0 Å². The van der Waals surface area contributed by atoms with Crippen LogP contribution in [0, 0.1) is 17.2 Å². The lowest BCUT2D eigenvalue weighted by Gasteiger charge is -2.36. The van der Waals surface area contributed by atoms with E-state index in [0.29, 0.717) is 18.7 Å². The number of hydrogen-bond donors (Lipinski definition) is 0. The molecule has 3 heteroatoms. The Kier molecular flexibility index (Phi) is 4.59. The molecule has 1 aromatic rings. The van der Waals surface area contributed by atoms with E-state index in [4.69, 9.17) is 0 Å². The lowest BCUT2D eigenvalue weighted by atomic mass is 9.71. The minimum atomic E-state index is -0.203. The fraction of sp³-hybridized carbons (Fsp3) is 0.588. The van der Waals surface area contributed by atoms with Crippen LogP contribution in [0.3, 0.4) is 0 Å². The maximum Gasteiger partial charge on any atom is 0.137 e. The van der Waals surface area contributed by atoms with E-state index in [0.717, 1.165) is 24.9 Å². The van der Waals surface area contributed by atoms with Gasteiger partial charge in [0.25, 0.3) is 0 Å². The first-order valence-electron chi connectivity index (χ1n) is 7.31. The van der Waals surface area contributed by atoms with Crippen LogP contribution in [0.25, 0.3) is 0 Å². The number of ketones is 1. The van der Waals surface area contributed by atoms with Gasteiger partial charge in [0.05, 0.1) is 0 Å². The van der Waals surface area contributed by atoms with Crippen LogP contribution in [0.15, 0.2) is 24.3 Å². The lowest BCUT2D eigenvalue weighted by molar-refractivity contribution is -0.127. The first kappa shape index (κ1) is 15.2. The molecule has 1 atom stereocenters. The van der Waals surface area contributed by atoms with Crippen LogP contribution in [-0.4, -0.2) is 24.3 Å². The molecule has 1 aliphatic carbocycles. The third-order valence-electron chi connectivity index (χ3n) is 4.18. The Morgan fingerprint density at radius 2 is 2.15 bits per heavy atom. The van der Waals surface area contributed by atoms with Gasteiger partial charge in [-0.2, -0.15) is 0 Å². The predicted molar refractivity (Wildman–Crippen MR) is 78.9 cm³/mol. The van der Waals surface area contributed by atoms with E-state index >= 15 is 0 Å². The topological polar surface area (TPSA) is 20.3 Å². The monoisotopic (exact) mass is 277 g/mol. The zero-order valence-electron chi connectivity index (χ0n) is 12.7. The average molecular weight is 277 g/mol. The summed E-state index contributed by atoms with van der Waals surface area (Å²) >= 11 is 0. The van der Waals surface area contributed by atoms with E-state index in [9.17, 15) is 9.18 Å². The number of rotatable bonds is 4. The van der Waals surface area contributed by atoms with Crippen molar-refractivity contribution >= 4 is 5.78 Å². The van der Waals surface area contributed by atoms with Crippen molar-refractivity contribution in [3.05, 3.63) is 35.6 Å². The fourth-order valence-electron chi connectivity index (χ4n) is 3.10. The largest absolute Gasteiger partial charge is 0.301 e.